The van der Waals surface area contributed by atoms with E-state index in [1.54, 1.807) is 19.2 Å². The molecule has 7 nitrogen and oxygen atoms in total. The van der Waals surface area contributed by atoms with Crippen molar-refractivity contribution in [1.29, 1.82) is 0 Å². The van der Waals surface area contributed by atoms with E-state index in [9.17, 15) is 18.0 Å². The van der Waals surface area contributed by atoms with Crippen molar-refractivity contribution < 1.29 is 13.2 Å². The van der Waals surface area contributed by atoms with Crippen molar-refractivity contribution in [3.8, 4) is 0 Å². The summed E-state index contributed by atoms with van der Waals surface area (Å²) in [5.74, 6) is -0.463. The summed E-state index contributed by atoms with van der Waals surface area (Å²) in [5.41, 5.74) is 0.297. The Kier molecular flexibility index (Phi) is 5.24. The first kappa shape index (κ1) is 18.3. The Morgan fingerprint density at radius 2 is 1.81 bits per heavy atom. The number of piperidine rings is 1. The number of nitrogens with zero attached hydrogens (tertiary/aromatic N) is 2. The van der Waals surface area contributed by atoms with Gasteiger partial charge in [-0.2, -0.15) is 4.31 Å². The smallest absolute Gasteiger partial charge is 0.255 e. The molecule has 0 radical (unpaired) electrons. The molecule has 1 amide bonds. The number of hydrogen-bond donors (Lipinski definition) is 1. The molecule has 8 heteroatoms. The summed E-state index contributed by atoms with van der Waals surface area (Å²) in [7, 11) is -1.97. The number of hydrogen-bond acceptors (Lipinski definition) is 4. The van der Waals surface area contributed by atoms with E-state index < -0.39 is 15.9 Å². The van der Waals surface area contributed by atoms with Crippen molar-refractivity contribution in [3.63, 3.8) is 0 Å². The Labute approximate surface area is 152 Å². The number of aromatic nitrogens is 1. The van der Waals surface area contributed by atoms with Crippen LogP contribution in [0.15, 0.2) is 52.3 Å². The predicted molar refractivity (Wildman–Crippen MR) is 98.7 cm³/mol. The lowest BCUT2D eigenvalue weighted by molar-refractivity contribution is 0.102. The van der Waals surface area contributed by atoms with E-state index in [4.69, 9.17) is 0 Å². The summed E-state index contributed by atoms with van der Waals surface area (Å²) in [5, 5.41) is 2.65. The van der Waals surface area contributed by atoms with Gasteiger partial charge in [-0.15, -0.1) is 0 Å². The van der Waals surface area contributed by atoms with E-state index in [0.717, 1.165) is 19.3 Å². The van der Waals surface area contributed by atoms with E-state index in [1.807, 2.05) is 0 Å². The highest BCUT2D eigenvalue weighted by Gasteiger charge is 2.26. The normalized spacial score (nSPS) is 15.6. The molecule has 2 heterocycles. The summed E-state index contributed by atoms with van der Waals surface area (Å²) < 4.78 is 28.3. The lowest BCUT2D eigenvalue weighted by Gasteiger charge is -2.26. The summed E-state index contributed by atoms with van der Waals surface area (Å²) in [6.07, 6.45) is 4.27. The molecule has 0 unspecified atom stereocenters. The van der Waals surface area contributed by atoms with Crippen LogP contribution in [0.5, 0.6) is 0 Å². The SMILES string of the molecule is Cn1ccc(C(=O)Nc2cccc(S(=O)(=O)N3CCCCC3)c2)cc1=O. The molecule has 1 N–H and O–H groups in total. The molecule has 26 heavy (non-hydrogen) atoms. The number of nitrogens with one attached hydrogen (secondary N) is 1. The summed E-state index contributed by atoms with van der Waals surface area (Å²) in [6, 6.07) is 8.96. The second-order valence-corrected chi connectivity index (χ2v) is 8.25. The van der Waals surface area contributed by atoms with Crippen LogP contribution in [0.3, 0.4) is 0 Å². The van der Waals surface area contributed by atoms with Crippen molar-refractivity contribution in [2.45, 2.75) is 24.2 Å². The van der Waals surface area contributed by atoms with Crippen molar-refractivity contribution in [3.05, 3.63) is 58.5 Å². The van der Waals surface area contributed by atoms with Gasteiger partial charge in [-0.05, 0) is 37.1 Å². The van der Waals surface area contributed by atoms with Gasteiger partial charge in [-0.25, -0.2) is 8.42 Å². The average Bonchev–Trinajstić information content (AvgIpc) is 2.65. The number of amides is 1. The van der Waals surface area contributed by atoms with Crippen LogP contribution in [0.1, 0.15) is 29.6 Å². The van der Waals surface area contributed by atoms with Crippen molar-refractivity contribution in [2.75, 3.05) is 18.4 Å². The van der Waals surface area contributed by atoms with Gasteiger partial charge in [0.2, 0.25) is 10.0 Å². The Hall–Kier alpha value is -2.45. The number of aryl methyl sites for hydroxylation is 1. The number of benzene rings is 1. The zero-order chi connectivity index (χ0) is 18.7. The maximum atomic E-state index is 12.7. The van der Waals surface area contributed by atoms with Gasteiger partial charge in [0, 0.05) is 43.7 Å². The van der Waals surface area contributed by atoms with E-state index >= 15 is 0 Å². The summed E-state index contributed by atoms with van der Waals surface area (Å²) >= 11 is 0. The number of carbonyl (C=O) groups excluding carboxylic acids is 1. The zero-order valence-electron chi connectivity index (χ0n) is 14.5. The molecule has 0 atom stereocenters. The topological polar surface area (TPSA) is 88.5 Å². The van der Waals surface area contributed by atoms with Crippen molar-refractivity contribution in [1.82, 2.24) is 8.87 Å². The minimum Gasteiger partial charge on any atom is -0.322 e. The van der Waals surface area contributed by atoms with Gasteiger partial charge in [0.05, 0.1) is 4.90 Å². The van der Waals surface area contributed by atoms with Crippen LogP contribution in [0.2, 0.25) is 0 Å². The van der Waals surface area contributed by atoms with E-state index in [1.165, 1.54) is 39.3 Å². The lowest BCUT2D eigenvalue weighted by Crippen LogP contribution is -2.35. The monoisotopic (exact) mass is 375 g/mol. The van der Waals surface area contributed by atoms with Gasteiger partial charge in [-0.1, -0.05) is 12.5 Å². The zero-order valence-corrected chi connectivity index (χ0v) is 15.3. The molecule has 0 spiro atoms. The fraction of sp³-hybridized carbons (Fsp3) is 0.333. The van der Waals surface area contributed by atoms with Crippen LogP contribution >= 0.6 is 0 Å². The van der Waals surface area contributed by atoms with Crippen molar-refractivity contribution >= 4 is 21.6 Å². The van der Waals surface area contributed by atoms with Gasteiger partial charge in [0.15, 0.2) is 0 Å². The third-order valence-electron chi connectivity index (χ3n) is 4.41. The molecule has 2 aromatic rings. The molecule has 0 bridgehead atoms. The number of carbonyl (C=O) groups is 1. The van der Waals surface area contributed by atoms with Gasteiger partial charge >= 0.3 is 0 Å². The molecule has 1 aromatic heterocycles. The fourth-order valence-corrected chi connectivity index (χ4v) is 4.45. The second kappa shape index (κ2) is 7.43. The van der Waals surface area contributed by atoms with Crippen LogP contribution in [0.25, 0.3) is 0 Å². The largest absolute Gasteiger partial charge is 0.322 e. The number of rotatable bonds is 4. The maximum Gasteiger partial charge on any atom is 0.255 e. The molecule has 1 fully saturated rings. The Morgan fingerprint density at radius 1 is 1.08 bits per heavy atom. The van der Waals surface area contributed by atoms with E-state index in [2.05, 4.69) is 5.32 Å². The first-order valence-electron chi connectivity index (χ1n) is 8.46. The minimum atomic E-state index is -3.57. The molecule has 1 aliphatic rings. The highest BCUT2D eigenvalue weighted by atomic mass is 32.2. The molecule has 1 aliphatic heterocycles. The Morgan fingerprint density at radius 3 is 2.50 bits per heavy atom. The molecule has 1 aromatic carbocycles. The van der Waals surface area contributed by atoms with E-state index in [-0.39, 0.29) is 16.0 Å². The second-order valence-electron chi connectivity index (χ2n) is 6.31. The molecule has 0 aliphatic carbocycles. The van der Waals surface area contributed by atoms with Crippen LogP contribution in [-0.2, 0) is 17.1 Å². The molecular weight excluding hydrogens is 354 g/mol. The quantitative estimate of drug-likeness (QED) is 0.883. The Bertz CT molecular complexity index is 976. The molecular formula is C18H21N3O4S. The number of anilines is 1. The average molecular weight is 375 g/mol. The molecule has 0 saturated carbocycles. The molecule has 138 valence electrons. The maximum absolute atomic E-state index is 12.7. The fourth-order valence-electron chi connectivity index (χ4n) is 2.88. The third kappa shape index (κ3) is 3.86. The van der Waals surface area contributed by atoms with Gasteiger partial charge in [0.1, 0.15) is 0 Å². The molecule has 3 rings (SSSR count). The van der Waals surface area contributed by atoms with Crippen LogP contribution in [0, 0.1) is 0 Å². The highest BCUT2D eigenvalue weighted by Crippen LogP contribution is 2.23. The minimum absolute atomic E-state index is 0.154. The summed E-state index contributed by atoms with van der Waals surface area (Å²) in [4.78, 5) is 24.1. The number of sulfonamides is 1. The van der Waals surface area contributed by atoms with Gasteiger partial charge in [0.25, 0.3) is 11.5 Å². The van der Waals surface area contributed by atoms with Crippen molar-refractivity contribution in [2.24, 2.45) is 7.05 Å². The van der Waals surface area contributed by atoms with Gasteiger partial charge < -0.3 is 9.88 Å². The summed E-state index contributed by atoms with van der Waals surface area (Å²) in [6.45, 7) is 1.04. The van der Waals surface area contributed by atoms with Gasteiger partial charge in [-0.3, -0.25) is 9.59 Å². The van der Waals surface area contributed by atoms with E-state index in [0.29, 0.717) is 18.8 Å². The highest BCUT2D eigenvalue weighted by molar-refractivity contribution is 7.89. The predicted octanol–water partition coefficient (Wildman–Crippen LogP) is 1.81. The third-order valence-corrected chi connectivity index (χ3v) is 6.31. The first-order valence-corrected chi connectivity index (χ1v) is 9.90. The first-order chi connectivity index (χ1) is 12.4. The Balaban J connectivity index is 1.81. The standard InChI is InChI=1S/C18H21N3O4S/c1-20-11-8-14(12-17(20)22)18(23)19-15-6-5-7-16(13-15)26(24,25)21-9-3-2-4-10-21/h5-8,11-13H,2-4,9-10H2,1H3,(H,19,23). The number of pyridine rings is 1. The van der Waals surface area contributed by atoms with Crippen LogP contribution in [0.4, 0.5) is 5.69 Å². The lowest BCUT2D eigenvalue weighted by atomic mass is 10.2. The van der Waals surface area contributed by atoms with Crippen LogP contribution < -0.4 is 10.9 Å². The van der Waals surface area contributed by atoms with Crippen LogP contribution in [-0.4, -0.2) is 36.3 Å². The molecule has 1 saturated heterocycles.